The standard InChI is InChI=1S/C18H16ClF2N3OS/c1-11(25)24(16-7-6-12(19)8-15(16)21)17-10-26-18(23(17)2)22-14-5-3-4-13(20)9-14/h3-9,17H,10H2,1-2H3. The third kappa shape index (κ3) is 3.83. The average molecular weight is 396 g/mol. The molecule has 2 aromatic rings. The molecule has 0 saturated carbocycles. The molecule has 0 N–H and O–H groups in total. The van der Waals surface area contributed by atoms with Gasteiger partial charge in [-0.05, 0) is 36.4 Å². The number of carbonyl (C=O) groups is 1. The van der Waals surface area contributed by atoms with E-state index >= 15 is 0 Å². The minimum atomic E-state index is -0.568. The van der Waals surface area contributed by atoms with Gasteiger partial charge in [0.2, 0.25) is 5.91 Å². The number of carbonyl (C=O) groups excluding carboxylic acids is 1. The molecule has 1 aliphatic rings. The van der Waals surface area contributed by atoms with E-state index in [2.05, 4.69) is 4.99 Å². The van der Waals surface area contributed by atoms with Crippen LogP contribution in [0, 0.1) is 11.6 Å². The van der Waals surface area contributed by atoms with Crippen LogP contribution in [-0.2, 0) is 4.79 Å². The molecule has 1 atom stereocenters. The molecule has 1 saturated heterocycles. The molecule has 0 spiro atoms. The number of amides is 1. The van der Waals surface area contributed by atoms with E-state index in [1.54, 1.807) is 30.1 Å². The minimum Gasteiger partial charge on any atom is -0.333 e. The Bertz CT molecular complexity index is 877. The fourth-order valence-electron chi connectivity index (χ4n) is 2.72. The van der Waals surface area contributed by atoms with Crippen LogP contribution in [0.5, 0.6) is 0 Å². The maximum atomic E-state index is 14.4. The van der Waals surface area contributed by atoms with Gasteiger partial charge in [0.05, 0.1) is 11.4 Å². The molecule has 1 unspecified atom stereocenters. The van der Waals surface area contributed by atoms with Gasteiger partial charge in [-0.25, -0.2) is 13.8 Å². The highest BCUT2D eigenvalue weighted by molar-refractivity contribution is 8.14. The number of amidine groups is 1. The smallest absolute Gasteiger partial charge is 0.225 e. The topological polar surface area (TPSA) is 35.9 Å². The summed E-state index contributed by atoms with van der Waals surface area (Å²) in [4.78, 5) is 19.8. The Kier molecular flexibility index (Phi) is 5.48. The second-order valence-corrected chi connectivity index (χ2v) is 7.19. The van der Waals surface area contributed by atoms with Crippen molar-refractivity contribution in [2.45, 2.75) is 13.1 Å². The lowest BCUT2D eigenvalue weighted by molar-refractivity contribution is -0.117. The van der Waals surface area contributed by atoms with Crippen LogP contribution in [0.25, 0.3) is 0 Å². The fraction of sp³-hybridized carbons (Fsp3) is 0.222. The lowest BCUT2D eigenvalue weighted by Crippen LogP contribution is -2.48. The van der Waals surface area contributed by atoms with Crippen LogP contribution < -0.4 is 4.90 Å². The van der Waals surface area contributed by atoms with Crippen molar-refractivity contribution in [3.8, 4) is 0 Å². The Morgan fingerprint density at radius 3 is 2.73 bits per heavy atom. The molecular weight excluding hydrogens is 380 g/mol. The first-order chi connectivity index (χ1) is 12.4. The van der Waals surface area contributed by atoms with E-state index in [9.17, 15) is 13.6 Å². The SMILES string of the molecule is CC(=O)N(c1ccc(Cl)cc1F)C1CSC(=Nc2cccc(F)c2)N1C. The number of nitrogens with zero attached hydrogens (tertiary/aromatic N) is 3. The van der Waals surface area contributed by atoms with Crippen molar-refractivity contribution in [2.24, 2.45) is 4.99 Å². The van der Waals surface area contributed by atoms with Crippen LogP contribution in [0.4, 0.5) is 20.2 Å². The summed E-state index contributed by atoms with van der Waals surface area (Å²) in [5.41, 5.74) is 0.637. The zero-order valence-electron chi connectivity index (χ0n) is 14.1. The highest BCUT2D eigenvalue weighted by Crippen LogP contribution is 2.32. The number of thioether (sulfide) groups is 1. The summed E-state index contributed by atoms with van der Waals surface area (Å²) in [7, 11) is 1.77. The van der Waals surface area contributed by atoms with Gasteiger partial charge < -0.3 is 4.90 Å². The number of benzene rings is 2. The van der Waals surface area contributed by atoms with Gasteiger partial charge in [-0.3, -0.25) is 9.69 Å². The lowest BCUT2D eigenvalue weighted by Gasteiger charge is -2.33. The molecule has 26 heavy (non-hydrogen) atoms. The molecule has 0 aromatic heterocycles. The molecule has 3 rings (SSSR count). The van der Waals surface area contributed by atoms with Gasteiger partial charge in [0, 0.05) is 24.7 Å². The zero-order chi connectivity index (χ0) is 18.8. The van der Waals surface area contributed by atoms with Crippen molar-refractivity contribution >= 4 is 45.8 Å². The number of aliphatic imine (C=N–C) groups is 1. The summed E-state index contributed by atoms with van der Waals surface area (Å²) in [6.45, 7) is 1.38. The van der Waals surface area contributed by atoms with E-state index in [1.807, 2.05) is 0 Å². The first-order valence-corrected chi connectivity index (χ1v) is 9.18. The third-order valence-corrected chi connectivity index (χ3v) is 5.29. The summed E-state index contributed by atoms with van der Waals surface area (Å²) in [5, 5.41) is 0.887. The number of rotatable bonds is 3. The number of anilines is 1. The Hall–Kier alpha value is -2.12. The normalized spacial score (nSPS) is 18.4. The van der Waals surface area contributed by atoms with Crippen molar-refractivity contribution in [3.05, 3.63) is 59.1 Å². The van der Waals surface area contributed by atoms with Crippen LogP contribution in [0.2, 0.25) is 5.02 Å². The maximum absolute atomic E-state index is 14.4. The zero-order valence-corrected chi connectivity index (χ0v) is 15.7. The van der Waals surface area contributed by atoms with Crippen LogP contribution in [0.3, 0.4) is 0 Å². The Morgan fingerprint density at radius 1 is 1.31 bits per heavy atom. The van der Waals surface area contributed by atoms with Crippen molar-refractivity contribution < 1.29 is 13.6 Å². The van der Waals surface area contributed by atoms with E-state index in [0.717, 1.165) is 0 Å². The van der Waals surface area contributed by atoms with Crippen molar-refractivity contribution in [2.75, 3.05) is 17.7 Å². The van der Waals surface area contributed by atoms with E-state index < -0.39 is 12.0 Å². The first-order valence-electron chi connectivity index (χ1n) is 7.81. The van der Waals surface area contributed by atoms with Gasteiger partial charge in [0.1, 0.15) is 17.8 Å². The number of halogens is 3. The van der Waals surface area contributed by atoms with Gasteiger partial charge in [-0.2, -0.15) is 0 Å². The molecule has 1 aliphatic heterocycles. The fourth-order valence-corrected chi connectivity index (χ4v) is 4.05. The van der Waals surface area contributed by atoms with Gasteiger partial charge in [-0.1, -0.05) is 29.4 Å². The van der Waals surface area contributed by atoms with Crippen LogP contribution in [-0.4, -0.2) is 34.9 Å². The molecule has 1 fully saturated rings. The predicted molar refractivity (Wildman–Crippen MR) is 102 cm³/mol. The molecule has 8 heteroatoms. The molecule has 136 valence electrons. The Balaban J connectivity index is 1.91. The van der Waals surface area contributed by atoms with Crippen LogP contribution >= 0.6 is 23.4 Å². The highest BCUT2D eigenvalue weighted by atomic mass is 35.5. The minimum absolute atomic E-state index is 0.159. The van der Waals surface area contributed by atoms with E-state index in [-0.39, 0.29) is 22.4 Å². The molecule has 4 nitrogen and oxygen atoms in total. The number of hydrogen-bond donors (Lipinski definition) is 0. The van der Waals surface area contributed by atoms with E-state index in [0.29, 0.717) is 16.6 Å². The van der Waals surface area contributed by atoms with E-state index in [4.69, 9.17) is 11.6 Å². The van der Waals surface area contributed by atoms with Gasteiger partial charge >= 0.3 is 0 Å². The molecule has 2 aromatic carbocycles. The van der Waals surface area contributed by atoms with E-state index in [1.165, 1.54) is 47.9 Å². The molecule has 1 amide bonds. The van der Waals surface area contributed by atoms with Crippen molar-refractivity contribution in [3.63, 3.8) is 0 Å². The van der Waals surface area contributed by atoms with Gasteiger partial charge in [0.15, 0.2) is 5.17 Å². The average Bonchev–Trinajstić information content (AvgIpc) is 2.91. The summed E-state index contributed by atoms with van der Waals surface area (Å²) >= 11 is 7.23. The monoisotopic (exact) mass is 395 g/mol. The lowest BCUT2D eigenvalue weighted by atomic mass is 10.2. The Morgan fingerprint density at radius 2 is 2.08 bits per heavy atom. The highest BCUT2D eigenvalue weighted by Gasteiger charge is 2.35. The number of hydrogen-bond acceptors (Lipinski definition) is 3. The summed E-state index contributed by atoms with van der Waals surface area (Å²) in [6.07, 6.45) is -0.416. The van der Waals surface area contributed by atoms with Crippen molar-refractivity contribution in [1.29, 1.82) is 0 Å². The van der Waals surface area contributed by atoms with Crippen LogP contribution in [0.15, 0.2) is 47.5 Å². The quantitative estimate of drug-likeness (QED) is 0.758. The maximum Gasteiger partial charge on any atom is 0.225 e. The summed E-state index contributed by atoms with van der Waals surface area (Å²) in [6, 6.07) is 10.2. The summed E-state index contributed by atoms with van der Waals surface area (Å²) < 4.78 is 27.7. The second kappa shape index (κ2) is 7.63. The molecule has 1 heterocycles. The third-order valence-electron chi connectivity index (χ3n) is 3.95. The molecule has 0 radical (unpaired) electrons. The Labute approximate surface area is 159 Å². The summed E-state index contributed by atoms with van der Waals surface area (Å²) in [5.74, 6) is -0.730. The molecular formula is C18H16ClF2N3OS. The first kappa shape index (κ1) is 18.7. The largest absolute Gasteiger partial charge is 0.333 e. The van der Waals surface area contributed by atoms with Gasteiger partial charge in [-0.15, -0.1) is 0 Å². The van der Waals surface area contributed by atoms with Crippen molar-refractivity contribution in [1.82, 2.24) is 4.90 Å². The predicted octanol–water partition coefficient (Wildman–Crippen LogP) is 4.66. The van der Waals surface area contributed by atoms with Gasteiger partial charge in [0.25, 0.3) is 0 Å². The second-order valence-electron chi connectivity index (χ2n) is 5.76. The molecule has 0 aliphatic carbocycles. The van der Waals surface area contributed by atoms with Crippen LogP contribution in [0.1, 0.15) is 6.92 Å². The molecule has 0 bridgehead atoms.